The molecule has 2 N–H and O–H groups in total. The first kappa shape index (κ1) is 11.9. The van der Waals surface area contributed by atoms with Gasteiger partial charge >= 0.3 is 0 Å². The topological polar surface area (TPSA) is 42.1 Å². The van der Waals surface area contributed by atoms with Crippen molar-refractivity contribution in [2.24, 2.45) is 17.6 Å². The number of pyridine rings is 1. The summed E-state index contributed by atoms with van der Waals surface area (Å²) in [6.45, 7) is 2.29. The predicted molar refractivity (Wildman–Crippen MR) is 77.8 cm³/mol. The Morgan fingerprint density at radius 2 is 1.83 bits per heavy atom. The van der Waals surface area contributed by atoms with Crippen molar-refractivity contribution < 1.29 is 0 Å². The predicted octanol–water partition coefficient (Wildman–Crippen LogP) is 2.34. The zero-order valence-electron chi connectivity index (χ0n) is 10.5. The molecule has 2 aliphatic rings. The Kier molecular flexibility index (Phi) is 3.20. The largest absolute Gasteiger partial charge is 0.388 e. The number of hydrogen-bond donors (Lipinski definition) is 1. The highest BCUT2D eigenvalue weighted by molar-refractivity contribution is 7.80. The van der Waals surface area contributed by atoms with E-state index in [4.69, 9.17) is 18.0 Å². The maximum absolute atomic E-state index is 5.66. The van der Waals surface area contributed by atoms with Gasteiger partial charge in [0.25, 0.3) is 0 Å². The molecule has 0 aromatic carbocycles. The lowest BCUT2D eigenvalue weighted by atomic mass is 10.3. The van der Waals surface area contributed by atoms with Crippen LogP contribution in [0.5, 0.6) is 0 Å². The van der Waals surface area contributed by atoms with Crippen molar-refractivity contribution in [3.63, 3.8) is 0 Å². The summed E-state index contributed by atoms with van der Waals surface area (Å²) in [7, 11) is 0. The number of rotatable bonds is 6. The Labute approximate surface area is 113 Å². The van der Waals surface area contributed by atoms with Gasteiger partial charge in [-0.1, -0.05) is 18.3 Å². The summed E-state index contributed by atoms with van der Waals surface area (Å²) >= 11 is 5.01. The van der Waals surface area contributed by atoms with E-state index in [9.17, 15) is 0 Å². The zero-order valence-corrected chi connectivity index (χ0v) is 11.3. The highest BCUT2D eigenvalue weighted by Crippen LogP contribution is 2.35. The molecule has 0 saturated heterocycles. The van der Waals surface area contributed by atoms with Crippen LogP contribution in [-0.2, 0) is 0 Å². The monoisotopic (exact) mass is 261 g/mol. The van der Waals surface area contributed by atoms with Gasteiger partial charge < -0.3 is 10.6 Å². The third-order valence-corrected chi connectivity index (χ3v) is 3.87. The molecule has 1 heterocycles. The molecule has 3 nitrogen and oxygen atoms in total. The van der Waals surface area contributed by atoms with Crippen molar-refractivity contribution in [2.75, 3.05) is 18.0 Å². The maximum Gasteiger partial charge on any atom is 0.129 e. The molecule has 2 aliphatic carbocycles. The summed E-state index contributed by atoms with van der Waals surface area (Å²) < 4.78 is 0. The van der Waals surface area contributed by atoms with Gasteiger partial charge in [0, 0.05) is 13.1 Å². The minimum atomic E-state index is 0.384. The second-order valence-electron chi connectivity index (χ2n) is 5.54. The maximum atomic E-state index is 5.66. The molecule has 3 rings (SSSR count). The Hall–Kier alpha value is -1.16. The second-order valence-corrected chi connectivity index (χ2v) is 5.98. The molecule has 96 valence electrons. The SMILES string of the molecule is NC(=S)c1cccc(N(CC2CC2)CC2CC2)n1. The van der Waals surface area contributed by atoms with E-state index < -0.39 is 0 Å². The van der Waals surface area contributed by atoms with Gasteiger partial charge in [0.05, 0.1) is 5.69 Å². The number of nitrogens with zero attached hydrogens (tertiary/aromatic N) is 2. The normalized spacial score (nSPS) is 18.7. The molecule has 0 bridgehead atoms. The van der Waals surface area contributed by atoms with Crippen molar-refractivity contribution in [1.82, 2.24) is 4.98 Å². The van der Waals surface area contributed by atoms with Crippen molar-refractivity contribution in [3.8, 4) is 0 Å². The smallest absolute Gasteiger partial charge is 0.129 e. The molecule has 0 amide bonds. The van der Waals surface area contributed by atoms with Crippen LogP contribution in [0.4, 0.5) is 5.82 Å². The molecule has 2 fully saturated rings. The summed E-state index contributed by atoms with van der Waals surface area (Å²) in [6.07, 6.45) is 5.48. The lowest BCUT2D eigenvalue weighted by molar-refractivity contribution is 0.671. The van der Waals surface area contributed by atoms with E-state index in [-0.39, 0.29) is 0 Å². The highest BCUT2D eigenvalue weighted by atomic mass is 32.1. The summed E-state index contributed by atoms with van der Waals surface area (Å²) in [5.41, 5.74) is 6.40. The third kappa shape index (κ3) is 2.99. The van der Waals surface area contributed by atoms with E-state index in [2.05, 4.69) is 16.0 Å². The van der Waals surface area contributed by atoms with Crippen LogP contribution in [0.25, 0.3) is 0 Å². The first-order valence-electron chi connectivity index (χ1n) is 6.74. The van der Waals surface area contributed by atoms with Gasteiger partial charge in [-0.15, -0.1) is 0 Å². The number of hydrogen-bond acceptors (Lipinski definition) is 3. The lowest BCUT2D eigenvalue weighted by Crippen LogP contribution is -2.29. The fraction of sp³-hybridized carbons (Fsp3) is 0.571. The number of nitrogens with two attached hydrogens (primary N) is 1. The molecule has 1 aromatic rings. The van der Waals surface area contributed by atoms with Crippen LogP contribution in [0.2, 0.25) is 0 Å². The Balaban J connectivity index is 1.77. The van der Waals surface area contributed by atoms with Crippen LogP contribution in [0, 0.1) is 11.8 Å². The summed E-state index contributed by atoms with van der Waals surface area (Å²) in [6, 6.07) is 5.97. The van der Waals surface area contributed by atoms with Gasteiger partial charge in [-0.2, -0.15) is 0 Å². The minimum Gasteiger partial charge on any atom is -0.388 e. The van der Waals surface area contributed by atoms with E-state index in [0.717, 1.165) is 36.4 Å². The van der Waals surface area contributed by atoms with Crippen LogP contribution in [0.3, 0.4) is 0 Å². The fourth-order valence-electron chi connectivity index (χ4n) is 2.22. The Morgan fingerprint density at radius 1 is 1.22 bits per heavy atom. The number of anilines is 1. The van der Waals surface area contributed by atoms with E-state index in [1.54, 1.807) is 0 Å². The quantitative estimate of drug-likeness (QED) is 0.798. The van der Waals surface area contributed by atoms with E-state index in [1.807, 2.05) is 12.1 Å². The average molecular weight is 261 g/mol. The molecule has 0 unspecified atom stereocenters. The third-order valence-electron chi connectivity index (χ3n) is 3.66. The molecule has 0 atom stereocenters. The van der Waals surface area contributed by atoms with Gasteiger partial charge in [-0.25, -0.2) is 4.98 Å². The molecule has 0 radical (unpaired) electrons. The van der Waals surface area contributed by atoms with Crippen molar-refractivity contribution >= 4 is 23.0 Å². The van der Waals surface area contributed by atoms with E-state index in [0.29, 0.717) is 4.99 Å². The standard InChI is InChI=1S/C14H19N3S/c15-14(18)12-2-1-3-13(16-12)17(8-10-4-5-10)9-11-6-7-11/h1-3,10-11H,4-9H2,(H2,15,18). The first-order valence-corrected chi connectivity index (χ1v) is 7.15. The van der Waals surface area contributed by atoms with Gasteiger partial charge in [-0.3, -0.25) is 0 Å². The van der Waals surface area contributed by atoms with E-state index >= 15 is 0 Å². The van der Waals surface area contributed by atoms with Crippen molar-refractivity contribution in [2.45, 2.75) is 25.7 Å². The second kappa shape index (κ2) is 4.84. The van der Waals surface area contributed by atoms with Gasteiger partial charge in [0.15, 0.2) is 0 Å². The average Bonchev–Trinajstić information content (AvgIpc) is 3.23. The first-order chi connectivity index (χ1) is 8.72. The molecule has 1 aromatic heterocycles. The van der Waals surface area contributed by atoms with Crippen molar-refractivity contribution in [1.29, 1.82) is 0 Å². The van der Waals surface area contributed by atoms with Gasteiger partial charge in [0.2, 0.25) is 0 Å². The van der Waals surface area contributed by atoms with Crippen molar-refractivity contribution in [3.05, 3.63) is 23.9 Å². The zero-order chi connectivity index (χ0) is 12.5. The summed E-state index contributed by atoms with van der Waals surface area (Å²) in [5, 5.41) is 0. The van der Waals surface area contributed by atoms with Gasteiger partial charge in [-0.05, 0) is 49.7 Å². The molecular formula is C14H19N3S. The molecule has 18 heavy (non-hydrogen) atoms. The van der Waals surface area contributed by atoms with Crippen LogP contribution in [0.15, 0.2) is 18.2 Å². The Morgan fingerprint density at radius 3 is 2.33 bits per heavy atom. The van der Waals surface area contributed by atoms with Crippen LogP contribution in [-0.4, -0.2) is 23.1 Å². The molecule has 2 saturated carbocycles. The lowest BCUT2D eigenvalue weighted by Gasteiger charge is -2.24. The molecule has 4 heteroatoms. The fourth-order valence-corrected chi connectivity index (χ4v) is 2.34. The highest BCUT2D eigenvalue weighted by Gasteiger charge is 2.29. The summed E-state index contributed by atoms with van der Waals surface area (Å²) in [4.78, 5) is 7.41. The minimum absolute atomic E-state index is 0.384. The van der Waals surface area contributed by atoms with Gasteiger partial charge in [0.1, 0.15) is 10.8 Å². The van der Waals surface area contributed by atoms with Crippen LogP contribution >= 0.6 is 12.2 Å². The van der Waals surface area contributed by atoms with Crippen LogP contribution in [0.1, 0.15) is 31.4 Å². The summed E-state index contributed by atoms with van der Waals surface area (Å²) in [5.74, 6) is 2.79. The molecule has 0 spiro atoms. The molecule has 0 aliphatic heterocycles. The number of thiocarbonyl (C=S) groups is 1. The van der Waals surface area contributed by atoms with E-state index in [1.165, 1.54) is 25.7 Å². The Bertz CT molecular complexity index is 438. The number of aromatic nitrogens is 1. The molecular weight excluding hydrogens is 242 g/mol. The van der Waals surface area contributed by atoms with Crippen LogP contribution < -0.4 is 10.6 Å².